The van der Waals surface area contributed by atoms with E-state index in [-0.39, 0.29) is 17.2 Å². The summed E-state index contributed by atoms with van der Waals surface area (Å²) in [5.74, 6) is -1.48. The third-order valence-corrected chi connectivity index (χ3v) is 4.74. The van der Waals surface area contributed by atoms with Crippen molar-refractivity contribution < 1.29 is 24.2 Å². The minimum absolute atomic E-state index is 0.135. The number of hydrogen-bond donors (Lipinski definition) is 3. The van der Waals surface area contributed by atoms with Crippen molar-refractivity contribution in [1.82, 2.24) is 10.3 Å². The molecular weight excluding hydrogens is 362 g/mol. The number of esters is 1. The van der Waals surface area contributed by atoms with Gasteiger partial charge in [-0.1, -0.05) is 24.3 Å². The molecule has 148 valence electrons. The van der Waals surface area contributed by atoms with Crippen molar-refractivity contribution >= 4 is 11.9 Å². The maximum absolute atomic E-state index is 12.9. The second-order valence-corrected chi connectivity index (χ2v) is 6.65. The number of carbonyl (C=O) groups excluding carboxylic acids is 2. The molecule has 2 aromatic rings. The van der Waals surface area contributed by atoms with Crippen molar-refractivity contribution in [2.75, 3.05) is 20.3 Å². The van der Waals surface area contributed by atoms with Gasteiger partial charge in [-0.2, -0.15) is 0 Å². The van der Waals surface area contributed by atoms with Crippen LogP contribution < -0.4 is 15.8 Å². The topological polar surface area (TPSA) is 124 Å². The predicted octanol–water partition coefficient (Wildman–Crippen LogP) is 0.955. The molecule has 28 heavy (non-hydrogen) atoms. The zero-order valence-electron chi connectivity index (χ0n) is 15.6. The van der Waals surface area contributed by atoms with Gasteiger partial charge in [0.15, 0.2) is 17.2 Å². The zero-order chi connectivity index (χ0) is 20.1. The van der Waals surface area contributed by atoms with E-state index < -0.39 is 17.4 Å². The number of hydrogen-bond acceptors (Lipinski definition) is 7. The summed E-state index contributed by atoms with van der Waals surface area (Å²) in [5, 5.41) is 13.1. The maximum Gasteiger partial charge on any atom is 0.332 e. The Labute approximate surface area is 162 Å². The first-order valence-electron chi connectivity index (χ1n) is 8.99. The molecule has 8 heteroatoms. The Balaban J connectivity index is 1.84. The number of ether oxygens (including phenoxy) is 2. The second-order valence-electron chi connectivity index (χ2n) is 6.65. The third-order valence-electron chi connectivity index (χ3n) is 4.74. The Kier molecular flexibility index (Phi) is 5.79. The monoisotopic (exact) mass is 385 g/mol. The summed E-state index contributed by atoms with van der Waals surface area (Å²) in [6, 6.07) is 9.04. The largest absolute Gasteiger partial charge is 0.503 e. The molecule has 1 aromatic carbocycles. The molecule has 0 saturated carbocycles. The van der Waals surface area contributed by atoms with Crippen LogP contribution in [0.2, 0.25) is 0 Å². The Morgan fingerprint density at radius 3 is 2.54 bits per heavy atom. The summed E-state index contributed by atoms with van der Waals surface area (Å²) >= 11 is 0. The van der Waals surface area contributed by atoms with Gasteiger partial charge < -0.3 is 25.6 Å². The number of fused-ring (bicyclic) bond motifs is 1. The Bertz CT molecular complexity index is 859. The van der Waals surface area contributed by atoms with E-state index in [0.717, 1.165) is 11.1 Å². The fraction of sp³-hybridized carbons (Fsp3) is 0.350. The number of nitrogens with zero attached hydrogens (tertiary/aromatic N) is 1. The quantitative estimate of drug-likeness (QED) is 0.479. The lowest BCUT2D eigenvalue weighted by Crippen LogP contribution is -2.56. The van der Waals surface area contributed by atoms with Crippen LogP contribution in [0.25, 0.3) is 0 Å². The summed E-state index contributed by atoms with van der Waals surface area (Å²) in [6.07, 6.45) is 2.57. The number of amides is 1. The van der Waals surface area contributed by atoms with Gasteiger partial charge in [-0.3, -0.25) is 4.79 Å². The highest BCUT2D eigenvalue weighted by molar-refractivity contribution is 5.99. The molecule has 8 nitrogen and oxygen atoms in total. The first kappa shape index (κ1) is 19.6. The number of methoxy groups -OCH3 is 1. The van der Waals surface area contributed by atoms with Gasteiger partial charge in [0.2, 0.25) is 0 Å². The zero-order valence-corrected chi connectivity index (χ0v) is 15.6. The number of nitrogens with one attached hydrogen (secondary N) is 1. The van der Waals surface area contributed by atoms with Crippen LogP contribution in [0.3, 0.4) is 0 Å². The van der Waals surface area contributed by atoms with Crippen LogP contribution in [0.1, 0.15) is 28.0 Å². The molecule has 0 fully saturated rings. The molecule has 1 amide bonds. The highest BCUT2D eigenvalue weighted by Gasteiger charge is 2.46. The molecular formula is C20H23N3O5. The van der Waals surface area contributed by atoms with Crippen LogP contribution >= 0.6 is 0 Å². The molecule has 3 rings (SSSR count). The smallest absolute Gasteiger partial charge is 0.332 e. The van der Waals surface area contributed by atoms with Crippen LogP contribution in [0, 0.1) is 0 Å². The average Bonchev–Trinajstić information content (AvgIpc) is 3.07. The normalized spacial score (nSPS) is 14.2. The first-order chi connectivity index (χ1) is 13.5. The lowest BCUT2D eigenvalue weighted by atomic mass is 9.95. The number of carbonyl (C=O) groups is 2. The molecule has 0 atom stereocenters. The fourth-order valence-electron chi connectivity index (χ4n) is 3.36. The molecule has 0 spiro atoms. The van der Waals surface area contributed by atoms with E-state index in [9.17, 15) is 14.7 Å². The predicted molar refractivity (Wildman–Crippen MR) is 101 cm³/mol. The molecule has 0 aliphatic heterocycles. The fourth-order valence-corrected chi connectivity index (χ4v) is 3.36. The lowest BCUT2D eigenvalue weighted by Gasteiger charge is -2.27. The van der Waals surface area contributed by atoms with Gasteiger partial charge in [-0.05, 0) is 24.1 Å². The van der Waals surface area contributed by atoms with Crippen molar-refractivity contribution in [2.45, 2.75) is 24.8 Å². The van der Waals surface area contributed by atoms with E-state index in [1.54, 1.807) is 0 Å². The van der Waals surface area contributed by atoms with E-state index in [4.69, 9.17) is 15.2 Å². The lowest BCUT2D eigenvalue weighted by molar-refractivity contribution is -0.147. The SMILES string of the molecule is COC(=O)C1(NC(=O)c2nccc(OCCCN)c2O)Cc2ccccc2C1. The average molecular weight is 385 g/mol. The number of nitrogens with two attached hydrogens (primary N) is 1. The molecule has 1 aliphatic rings. The van der Waals surface area contributed by atoms with Gasteiger partial charge in [0, 0.05) is 25.1 Å². The molecule has 1 heterocycles. The number of rotatable bonds is 7. The van der Waals surface area contributed by atoms with Crippen molar-refractivity contribution in [2.24, 2.45) is 5.73 Å². The van der Waals surface area contributed by atoms with Crippen molar-refractivity contribution in [3.8, 4) is 11.5 Å². The highest BCUT2D eigenvalue weighted by atomic mass is 16.5. The molecule has 4 N–H and O–H groups in total. The van der Waals surface area contributed by atoms with Gasteiger partial charge in [0.1, 0.15) is 5.54 Å². The third kappa shape index (κ3) is 3.77. The summed E-state index contributed by atoms with van der Waals surface area (Å²) in [7, 11) is 1.28. The summed E-state index contributed by atoms with van der Waals surface area (Å²) < 4.78 is 10.4. The molecule has 0 saturated heterocycles. The molecule has 1 aromatic heterocycles. The van der Waals surface area contributed by atoms with Crippen LogP contribution in [0.15, 0.2) is 36.5 Å². The van der Waals surface area contributed by atoms with Crippen molar-refractivity contribution in [3.05, 3.63) is 53.3 Å². The molecule has 0 radical (unpaired) electrons. The van der Waals surface area contributed by atoms with Crippen LogP contribution in [-0.2, 0) is 22.4 Å². The summed E-state index contributed by atoms with van der Waals surface area (Å²) in [6.45, 7) is 0.748. The van der Waals surface area contributed by atoms with E-state index >= 15 is 0 Å². The number of aromatic hydroxyl groups is 1. The molecule has 1 aliphatic carbocycles. The van der Waals surface area contributed by atoms with E-state index in [1.165, 1.54) is 19.4 Å². The molecule has 0 bridgehead atoms. The van der Waals surface area contributed by atoms with Crippen LogP contribution in [-0.4, -0.2) is 47.8 Å². The van der Waals surface area contributed by atoms with Crippen molar-refractivity contribution in [3.63, 3.8) is 0 Å². The minimum atomic E-state index is -1.25. The van der Waals surface area contributed by atoms with Gasteiger partial charge in [0.05, 0.1) is 13.7 Å². The van der Waals surface area contributed by atoms with Crippen molar-refractivity contribution in [1.29, 1.82) is 0 Å². The Hall–Kier alpha value is -3.13. The second kappa shape index (κ2) is 8.26. The number of benzene rings is 1. The number of pyridine rings is 1. The van der Waals surface area contributed by atoms with E-state index in [0.29, 0.717) is 32.4 Å². The summed E-state index contributed by atoms with van der Waals surface area (Å²) in [5.41, 5.74) is 5.89. The van der Waals surface area contributed by atoms with Gasteiger partial charge in [-0.15, -0.1) is 0 Å². The minimum Gasteiger partial charge on any atom is -0.503 e. The van der Waals surface area contributed by atoms with Crippen LogP contribution in [0.5, 0.6) is 11.5 Å². The Morgan fingerprint density at radius 2 is 1.93 bits per heavy atom. The van der Waals surface area contributed by atoms with Gasteiger partial charge in [0.25, 0.3) is 5.91 Å². The van der Waals surface area contributed by atoms with Gasteiger partial charge >= 0.3 is 5.97 Å². The number of aromatic nitrogens is 1. The highest BCUT2D eigenvalue weighted by Crippen LogP contribution is 2.33. The Morgan fingerprint density at radius 1 is 1.25 bits per heavy atom. The maximum atomic E-state index is 12.9. The standard InChI is InChI=1S/C20H23N3O5/c1-27-19(26)20(11-13-5-2-3-6-14(13)12-20)23-18(25)16-17(24)15(7-9-22-16)28-10-4-8-21/h2-3,5-7,9,24H,4,8,10-12,21H2,1H3,(H,23,25). The van der Waals surface area contributed by atoms with Gasteiger partial charge in [-0.25, -0.2) is 9.78 Å². The first-order valence-corrected chi connectivity index (χ1v) is 8.99. The van der Waals surface area contributed by atoms with E-state index in [2.05, 4.69) is 10.3 Å². The van der Waals surface area contributed by atoms with Crippen LogP contribution in [0.4, 0.5) is 0 Å². The summed E-state index contributed by atoms with van der Waals surface area (Å²) in [4.78, 5) is 29.4. The molecule has 0 unspecified atom stereocenters. The van der Waals surface area contributed by atoms with E-state index in [1.807, 2.05) is 24.3 Å².